The van der Waals surface area contributed by atoms with Gasteiger partial charge in [-0.2, -0.15) is 0 Å². The number of hydrogen-bond acceptors (Lipinski definition) is 3. The van der Waals surface area contributed by atoms with Crippen LogP contribution in [0.5, 0.6) is 0 Å². The highest BCUT2D eigenvalue weighted by atomic mass is 19.1. The van der Waals surface area contributed by atoms with Gasteiger partial charge in [0.1, 0.15) is 5.82 Å². The van der Waals surface area contributed by atoms with Gasteiger partial charge in [0.15, 0.2) is 0 Å². The van der Waals surface area contributed by atoms with Gasteiger partial charge in [0.2, 0.25) is 5.91 Å². The molecule has 3 rings (SSSR count). The molecule has 5 nitrogen and oxygen atoms in total. The van der Waals surface area contributed by atoms with Gasteiger partial charge in [-0.3, -0.25) is 14.6 Å². The van der Waals surface area contributed by atoms with Crippen LogP contribution < -0.4 is 5.32 Å². The van der Waals surface area contributed by atoms with Crippen LogP contribution in [-0.2, 0) is 11.3 Å². The summed E-state index contributed by atoms with van der Waals surface area (Å²) in [7, 11) is 0. The van der Waals surface area contributed by atoms with Crippen LogP contribution in [0.4, 0.5) is 4.39 Å². The van der Waals surface area contributed by atoms with Crippen LogP contribution >= 0.6 is 0 Å². The van der Waals surface area contributed by atoms with Crippen LogP contribution in [0.15, 0.2) is 36.5 Å². The second kappa shape index (κ2) is 7.64. The summed E-state index contributed by atoms with van der Waals surface area (Å²) in [6.07, 6.45) is 3.44. The van der Waals surface area contributed by atoms with Crippen molar-refractivity contribution in [3.63, 3.8) is 0 Å². The number of hydrogen-bond donors (Lipinski definition) is 1. The van der Waals surface area contributed by atoms with Crippen LogP contribution in [-0.4, -0.2) is 28.2 Å². The van der Waals surface area contributed by atoms with Gasteiger partial charge in [0.25, 0.3) is 5.91 Å². The van der Waals surface area contributed by atoms with Crippen molar-refractivity contribution in [2.24, 2.45) is 0 Å². The maximum Gasteiger partial charge on any atom is 0.254 e. The molecule has 1 atom stereocenters. The Bertz CT molecular complexity index is 820. The second-order valence-corrected chi connectivity index (χ2v) is 6.62. The Morgan fingerprint density at radius 1 is 1.31 bits per heavy atom. The summed E-state index contributed by atoms with van der Waals surface area (Å²) in [4.78, 5) is 30.1. The molecule has 1 unspecified atom stereocenters. The summed E-state index contributed by atoms with van der Waals surface area (Å²) in [5, 5.41) is 2.73. The summed E-state index contributed by atoms with van der Waals surface area (Å²) < 4.78 is 13.8. The fourth-order valence-electron chi connectivity index (χ4n) is 3.17. The van der Waals surface area contributed by atoms with Crippen molar-refractivity contribution in [1.82, 2.24) is 15.2 Å². The summed E-state index contributed by atoms with van der Waals surface area (Å²) in [5.41, 5.74) is 2.61. The first-order chi connectivity index (χ1) is 12.5. The first kappa shape index (κ1) is 18.0. The number of benzene rings is 1. The summed E-state index contributed by atoms with van der Waals surface area (Å²) in [6.45, 7) is 4.21. The Labute approximate surface area is 152 Å². The second-order valence-electron chi connectivity index (χ2n) is 6.62. The third kappa shape index (κ3) is 3.90. The zero-order valence-corrected chi connectivity index (χ0v) is 15.0. The van der Waals surface area contributed by atoms with E-state index in [-0.39, 0.29) is 23.7 Å². The molecule has 1 saturated heterocycles. The van der Waals surface area contributed by atoms with Gasteiger partial charge < -0.3 is 10.2 Å². The van der Waals surface area contributed by atoms with Gasteiger partial charge in [-0.1, -0.05) is 12.1 Å². The molecule has 6 heteroatoms. The molecular formula is C20H22FN3O2. The molecule has 2 heterocycles. The van der Waals surface area contributed by atoms with Crippen LogP contribution in [0.1, 0.15) is 53.0 Å². The molecule has 1 N–H and O–H groups in total. The van der Waals surface area contributed by atoms with E-state index >= 15 is 0 Å². The van der Waals surface area contributed by atoms with E-state index in [9.17, 15) is 14.0 Å². The Hall–Kier alpha value is -2.76. The highest BCUT2D eigenvalue weighted by molar-refractivity contribution is 5.94. The Morgan fingerprint density at radius 3 is 2.77 bits per heavy atom. The highest BCUT2D eigenvalue weighted by Gasteiger charge is 2.31. The van der Waals surface area contributed by atoms with E-state index in [0.717, 1.165) is 24.1 Å². The monoisotopic (exact) mass is 355 g/mol. The summed E-state index contributed by atoms with van der Waals surface area (Å²) in [5.74, 6) is -0.630. The molecule has 2 aromatic rings. The van der Waals surface area contributed by atoms with Crippen molar-refractivity contribution in [2.75, 3.05) is 6.54 Å². The standard InChI is InChI=1S/C20H22FN3O2/c1-13-5-7-16(10-17(13)21)20(26)24-9-3-4-19(24)18-8-6-15(12-23-18)11-22-14(2)25/h5-8,10,12,19H,3-4,9,11H2,1-2H3,(H,22,25). The molecule has 0 saturated carbocycles. The SMILES string of the molecule is CC(=O)NCc1ccc(C2CCCN2C(=O)c2ccc(C)c(F)c2)nc1. The minimum Gasteiger partial charge on any atom is -0.352 e. The maximum absolute atomic E-state index is 13.8. The summed E-state index contributed by atoms with van der Waals surface area (Å²) in [6, 6.07) is 8.29. The number of nitrogens with one attached hydrogen (secondary N) is 1. The third-order valence-corrected chi connectivity index (χ3v) is 4.66. The van der Waals surface area contributed by atoms with Gasteiger partial charge in [0.05, 0.1) is 11.7 Å². The van der Waals surface area contributed by atoms with Gasteiger partial charge in [-0.05, 0) is 49.1 Å². The average Bonchev–Trinajstić information content (AvgIpc) is 3.12. The summed E-state index contributed by atoms with van der Waals surface area (Å²) >= 11 is 0. The van der Waals surface area contributed by atoms with Crippen LogP contribution in [0.25, 0.3) is 0 Å². The molecule has 1 aliphatic rings. The van der Waals surface area contributed by atoms with Crippen molar-refractivity contribution >= 4 is 11.8 Å². The molecule has 0 radical (unpaired) electrons. The largest absolute Gasteiger partial charge is 0.352 e. The van der Waals surface area contributed by atoms with E-state index in [4.69, 9.17) is 0 Å². The number of amides is 2. The number of carbonyl (C=O) groups is 2. The molecule has 1 aromatic carbocycles. The molecule has 1 aromatic heterocycles. The average molecular weight is 355 g/mol. The number of aryl methyl sites for hydroxylation is 1. The smallest absolute Gasteiger partial charge is 0.254 e. The zero-order chi connectivity index (χ0) is 18.7. The quantitative estimate of drug-likeness (QED) is 0.916. The first-order valence-corrected chi connectivity index (χ1v) is 8.72. The lowest BCUT2D eigenvalue weighted by molar-refractivity contribution is -0.119. The zero-order valence-electron chi connectivity index (χ0n) is 15.0. The van der Waals surface area contributed by atoms with Crippen molar-refractivity contribution in [2.45, 2.75) is 39.3 Å². The topological polar surface area (TPSA) is 62.3 Å². The lowest BCUT2D eigenvalue weighted by Crippen LogP contribution is -2.31. The highest BCUT2D eigenvalue weighted by Crippen LogP contribution is 2.32. The van der Waals surface area contributed by atoms with Crippen LogP contribution in [0.2, 0.25) is 0 Å². The number of likely N-dealkylation sites (tertiary alicyclic amines) is 1. The van der Waals surface area contributed by atoms with Gasteiger partial charge >= 0.3 is 0 Å². The molecule has 0 bridgehead atoms. The molecular weight excluding hydrogens is 333 g/mol. The number of pyridine rings is 1. The van der Waals surface area contributed by atoms with Gasteiger partial charge in [-0.25, -0.2) is 4.39 Å². The number of halogens is 1. The fourth-order valence-corrected chi connectivity index (χ4v) is 3.17. The molecule has 2 amide bonds. The van der Waals surface area contributed by atoms with Crippen molar-refractivity contribution in [3.8, 4) is 0 Å². The van der Waals surface area contributed by atoms with E-state index in [1.807, 2.05) is 12.1 Å². The minimum absolute atomic E-state index is 0.0908. The van der Waals surface area contributed by atoms with Gasteiger partial charge in [0, 0.05) is 31.8 Å². The van der Waals surface area contributed by atoms with Crippen LogP contribution in [0, 0.1) is 12.7 Å². The van der Waals surface area contributed by atoms with Crippen LogP contribution in [0.3, 0.4) is 0 Å². The lowest BCUT2D eigenvalue weighted by Gasteiger charge is -2.24. The first-order valence-electron chi connectivity index (χ1n) is 8.72. The minimum atomic E-state index is -0.368. The normalized spacial score (nSPS) is 16.6. The van der Waals surface area contributed by atoms with E-state index < -0.39 is 0 Å². The number of nitrogens with zero attached hydrogens (tertiary/aromatic N) is 2. The number of rotatable bonds is 4. The fraction of sp³-hybridized carbons (Fsp3) is 0.350. The van der Waals surface area contributed by atoms with E-state index in [0.29, 0.717) is 24.2 Å². The maximum atomic E-state index is 13.8. The lowest BCUT2D eigenvalue weighted by atomic mass is 10.1. The van der Waals surface area contributed by atoms with Gasteiger partial charge in [-0.15, -0.1) is 0 Å². The van der Waals surface area contributed by atoms with Crippen molar-refractivity contribution in [3.05, 3.63) is 64.7 Å². The molecule has 0 aliphatic carbocycles. The number of carbonyl (C=O) groups excluding carboxylic acids is 2. The van der Waals surface area contributed by atoms with Crippen molar-refractivity contribution < 1.29 is 14.0 Å². The molecule has 0 spiro atoms. The molecule has 1 aliphatic heterocycles. The van der Waals surface area contributed by atoms with E-state index in [1.165, 1.54) is 13.0 Å². The molecule has 1 fully saturated rings. The predicted molar refractivity (Wildman–Crippen MR) is 95.9 cm³/mol. The third-order valence-electron chi connectivity index (χ3n) is 4.66. The Morgan fingerprint density at radius 2 is 2.12 bits per heavy atom. The van der Waals surface area contributed by atoms with Crippen molar-refractivity contribution in [1.29, 1.82) is 0 Å². The predicted octanol–water partition coefficient (Wildman–Crippen LogP) is 3.14. The Balaban J connectivity index is 1.76. The molecule has 26 heavy (non-hydrogen) atoms. The van der Waals surface area contributed by atoms with E-state index in [2.05, 4.69) is 10.3 Å². The van der Waals surface area contributed by atoms with E-state index in [1.54, 1.807) is 30.2 Å². The Kier molecular flexibility index (Phi) is 5.30. The number of aromatic nitrogens is 1. The molecule has 136 valence electrons.